The Kier molecular flexibility index (Phi) is 5.18. The molecule has 1 aliphatic rings. The monoisotopic (exact) mass is 258 g/mol. The predicted octanol–water partition coefficient (Wildman–Crippen LogP) is 5.14. The van der Waals surface area contributed by atoms with E-state index in [4.69, 9.17) is 0 Å². The molecular weight excluding hydrogens is 232 g/mol. The molecule has 0 saturated heterocycles. The van der Waals surface area contributed by atoms with Gasteiger partial charge in [-0.25, -0.2) is 0 Å². The lowest BCUT2D eigenvalue weighted by Gasteiger charge is -2.30. The molecule has 2 rings (SSSR count). The summed E-state index contributed by atoms with van der Waals surface area (Å²) in [5.41, 5.74) is 3.66. The Bertz CT molecular complexity index is 414. The lowest BCUT2D eigenvalue weighted by molar-refractivity contribution is 0.112. The van der Waals surface area contributed by atoms with Crippen LogP contribution in [0.3, 0.4) is 0 Å². The molecule has 19 heavy (non-hydrogen) atoms. The molecule has 1 saturated carbocycles. The molecule has 0 bridgehead atoms. The number of aldehydes is 1. The van der Waals surface area contributed by atoms with Gasteiger partial charge in [0, 0.05) is 5.56 Å². The minimum absolute atomic E-state index is 0.615. The minimum Gasteiger partial charge on any atom is -0.298 e. The van der Waals surface area contributed by atoms with Crippen LogP contribution in [0.5, 0.6) is 0 Å². The van der Waals surface area contributed by atoms with Crippen molar-refractivity contribution in [1.82, 2.24) is 0 Å². The molecule has 0 spiro atoms. The number of hydrogen-bond acceptors (Lipinski definition) is 1. The molecule has 1 aliphatic carbocycles. The van der Waals surface area contributed by atoms with Crippen LogP contribution in [0, 0.1) is 5.92 Å². The van der Waals surface area contributed by atoms with E-state index in [2.05, 4.69) is 19.9 Å². The molecule has 1 aromatic rings. The van der Waals surface area contributed by atoms with Crippen LogP contribution in [-0.4, -0.2) is 6.29 Å². The average Bonchev–Trinajstić information content (AvgIpc) is 2.47. The maximum Gasteiger partial charge on any atom is 0.150 e. The Hall–Kier alpha value is -1.11. The summed E-state index contributed by atoms with van der Waals surface area (Å²) >= 11 is 0. The van der Waals surface area contributed by atoms with Gasteiger partial charge in [-0.05, 0) is 55.1 Å². The quantitative estimate of drug-likeness (QED) is 0.669. The fourth-order valence-corrected chi connectivity index (χ4v) is 3.69. The van der Waals surface area contributed by atoms with Crippen LogP contribution in [0.1, 0.15) is 79.8 Å². The highest BCUT2D eigenvalue weighted by molar-refractivity contribution is 5.78. The first-order chi connectivity index (χ1) is 9.30. The predicted molar refractivity (Wildman–Crippen MR) is 80.8 cm³/mol. The highest BCUT2D eigenvalue weighted by Crippen LogP contribution is 2.39. The molecule has 0 amide bonds. The van der Waals surface area contributed by atoms with E-state index < -0.39 is 0 Å². The van der Waals surface area contributed by atoms with E-state index in [1.165, 1.54) is 49.7 Å². The largest absolute Gasteiger partial charge is 0.298 e. The second-order valence-electron chi connectivity index (χ2n) is 5.90. The Morgan fingerprint density at radius 3 is 2.47 bits per heavy atom. The highest BCUT2D eigenvalue weighted by Gasteiger charge is 2.24. The lowest BCUT2D eigenvalue weighted by Crippen LogP contribution is -2.16. The number of hydrogen-bond donors (Lipinski definition) is 0. The molecule has 0 aliphatic heterocycles. The Morgan fingerprint density at radius 1 is 1.16 bits per heavy atom. The van der Waals surface area contributed by atoms with Crippen LogP contribution >= 0.6 is 0 Å². The van der Waals surface area contributed by atoms with Crippen molar-refractivity contribution in [1.29, 1.82) is 0 Å². The van der Waals surface area contributed by atoms with Gasteiger partial charge in [0.2, 0.25) is 0 Å². The van der Waals surface area contributed by atoms with Gasteiger partial charge in [0.25, 0.3) is 0 Å². The first kappa shape index (κ1) is 14.3. The summed E-state index contributed by atoms with van der Waals surface area (Å²) in [7, 11) is 0. The average molecular weight is 258 g/mol. The van der Waals surface area contributed by atoms with Gasteiger partial charge in [0.05, 0.1) is 0 Å². The van der Waals surface area contributed by atoms with E-state index in [1.807, 2.05) is 12.1 Å². The van der Waals surface area contributed by atoms with Crippen LogP contribution in [0.15, 0.2) is 18.2 Å². The summed E-state index contributed by atoms with van der Waals surface area (Å²) in [6.07, 6.45) is 9.98. The number of carbonyl (C=O) groups is 1. The zero-order chi connectivity index (χ0) is 13.7. The number of carbonyl (C=O) groups excluding carboxylic acids is 1. The molecule has 0 aromatic heterocycles. The van der Waals surface area contributed by atoms with Crippen molar-refractivity contribution in [3.63, 3.8) is 0 Å². The third-order valence-corrected chi connectivity index (χ3v) is 4.69. The van der Waals surface area contributed by atoms with E-state index in [9.17, 15) is 4.79 Å². The van der Waals surface area contributed by atoms with E-state index in [0.29, 0.717) is 5.92 Å². The van der Waals surface area contributed by atoms with Gasteiger partial charge in [-0.3, -0.25) is 4.79 Å². The van der Waals surface area contributed by atoms with E-state index in [1.54, 1.807) is 0 Å². The van der Waals surface area contributed by atoms with E-state index in [0.717, 1.165) is 24.2 Å². The summed E-state index contributed by atoms with van der Waals surface area (Å²) in [6, 6.07) is 6.20. The highest BCUT2D eigenvalue weighted by atomic mass is 16.1. The normalized spacial score (nSPS) is 23.3. The van der Waals surface area contributed by atoms with Gasteiger partial charge < -0.3 is 0 Å². The summed E-state index contributed by atoms with van der Waals surface area (Å²) in [5, 5.41) is 0. The van der Waals surface area contributed by atoms with Crippen LogP contribution in [-0.2, 0) is 6.42 Å². The topological polar surface area (TPSA) is 17.1 Å². The number of aryl methyl sites for hydroxylation is 1. The summed E-state index contributed by atoms with van der Waals surface area (Å²) < 4.78 is 0. The maximum atomic E-state index is 11.3. The van der Waals surface area contributed by atoms with Crippen LogP contribution in [0.25, 0.3) is 0 Å². The van der Waals surface area contributed by atoms with Crippen LogP contribution in [0.4, 0.5) is 0 Å². The fourth-order valence-electron chi connectivity index (χ4n) is 3.69. The first-order valence-corrected chi connectivity index (χ1v) is 7.87. The fraction of sp³-hybridized carbons (Fsp3) is 0.611. The van der Waals surface area contributed by atoms with Gasteiger partial charge in [-0.1, -0.05) is 44.9 Å². The zero-order valence-electron chi connectivity index (χ0n) is 12.3. The third-order valence-electron chi connectivity index (χ3n) is 4.69. The second-order valence-corrected chi connectivity index (χ2v) is 5.90. The summed E-state index contributed by atoms with van der Waals surface area (Å²) in [6.45, 7) is 4.47. The molecule has 1 aromatic carbocycles. The molecule has 1 heteroatoms. The minimum atomic E-state index is 0.615. The first-order valence-electron chi connectivity index (χ1n) is 7.87. The Morgan fingerprint density at radius 2 is 1.89 bits per heavy atom. The van der Waals surface area contributed by atoms with Gasteiger partial charge in [0.15, 0.2) is 0 Å². The van der Waals surface area contributed by atoms with Gasteiger partial charge in [-0.2, -0.15) is 0 Å². The number of benzene rings is 1. The lowest BCUT2D eigenvalue weighted by atomic mass is 9.75. The summed E-state index contributed by atoms with van der Waals surface area (Å²) in [4.78, 5) is 11.3. The second kappa shape index (κ2) is 6.88. The smallest absolute Gasteiger partial charge is 0.150 e. The van der Waals surface area contributed by atoms with Crippen LogP contribution in [0.2, 0.25) is 0 Å². The van der Waals surface area contributed by atoms with Crippen molar-refractivity contribution in [3.8, 4) is 0 Å². The molecule has 1 fully saturated rings. The summed E-state index contributed by atoms with van der Waals surface area (Å²) in [5.74, 6) is 1.54. The molecule has 0 N–H and O–H groups in total. The number of rotatable bonds is 5. The molecule has 0 unspecified atom stereocenters. The van der Waals surface area contributed by atoms with E-state index in [-0.39, 0.29) is 0 Å². The molecule has 0 heterocycles. The molecule has 1 nitrogen and oxygen atoms in total. The van der Waals surface area contributed by atoms with Crippen molar-refractivity contribution in [2.45, 2.75) is 64.7 Å². The molecular formula is C18H26O. The van der Waals surface area contributed by atoms with Gasteiger partial charge >= 0.3 is 0 Å². The Labute approximate surface area is 117 Å². The molecule has 0 radical (unpaired) electrons. The van der Waals surface area contributed by atoms with Crippen LogP contribution < -0.4 is 0 Å². The molecule has 0 atom stereocenters. The SMILES string of the molecule is CCCC1CCC(c2c(C=O)cccc2CC)CC1. The van der Waals surface area contributed by atoms with Crippen molar-refractivity contribution in [2.24, 2.45) is 5.92 Å². The standard InChI is InChI=1S/C18H26O/c1-3-6-14-9-11-16(12-10-14)18-15(4-2)7-5-8-17(18)13-19/h5,7-8,13-14,16H,3-4,6,9-12H2,1-2H3. The van der Waals surface area contributed by atoms with Crippen molar-refractivity contribution < 1.29 is 4.79 Å². The van der Waals surface area contributed by atoms with E-state index >= 15 is 0 Å². The zero-order valence-corrected chi connectivity index (χ0v) is 12.3. The van der Waals surface area contributed by atoms with Gasteiger partial charge in [-0.15, -0.1) is 0 Å². The molecule has 104 valence electrons. The Balaban J connectivity index is 2.16. The third kappa shape index (κ3) is 3.26. The van der Waals surface area contributed by atoms with Gasteiger partial charge in [0.1, 0.15) is 6.29 Å². The van der Waals surface area contributed by atoms with Crippen molar-refractivity contribution in [3.05, 3.63) is 34.9 Å². The maximum absolute atomic E-state index is 11.3. The van der Waals surface area contributed by atoms with Crippen molar-refractivity contribution >= 4 is 6.29 Å². The van der Waals surface area contributed by atoms with Crippen molar-refractivity contribution in [2.75, 3.05) is 0 Å².